The summed E-state index contributed by atoms with van der Waals surface area (Å²) in [5.41, 5.74) is 0.0369. The van der Waals surface area contributed by atoms with Crippen molar-refractivity contribution in [2.75, 3.05) is 13.2 Å². The number of hydrogen-bond donors (Lipinski definition) is 1. The lowest BCUT2D eigenvalue weighted by Gasteiger charge is -2.15. The van der Waals surface area contributed by atoms with Gasteiger partial charge in [-0.3, -0.25) is 9.59 Å². The Morgan fingerprint density at radius 2 is 1.76 bits per heavy atom. The van der Waals surface area contributed by atoms with E-state index in [2.05, 4.69) is 4.72 Å². The van der Waals surface area contributed by atoms with Gasteiger partial charge in [0, 0.05) is 27.2 Å². The number of hydrogen-bond acceptors (Lipinski definition) is 5. The molecule has 136 valence electrons. The molecule has 0 spiro atoms. The van der Waals surface area contributed by atoms with Crippen LogP contribution in [0.15, 0.2) is 26.6 Å². The van der Waals surface area contributed by atoms with E-state index in [1.54, 1.807) is 13.0 Å². The summed E-state index contributed by atoms with van der Waals surface area (Å²) in [4.78, 5) is 24.0. The van der Waals surface area contributed by atoms with Gasteiger partial charge in [-0.15, -0.1) is 0 Å². The Morgan fingerprint density at radius 1 is 1.16 bits per heavy atom. The average Bonchev–Trinajstić information content (AvgIpc) is 3.09. The van der Waals surface area contributed by atoms with Crippen LogP contribution in [0.25, 0.3) is 11.0 Å². The quantitative estimate of drug-likeness (QED) is 0.767. The minimum atomic E-state index is -3.76. The van der Waals surface area contributed by atoms with E-state index in [0.29, 0.717) is 23.2 Å². The van der Waals surface area contributed by atoms with E-state index in [9.17, 15) is 18.0 Å². The van der Waals surface area contributed by atoms with Gasteiger partial charge in [-0.05, 0) is 37.5 Å². The fourth-order valence-electron chi connectivity index (χ4n) is 3.08. The number of aromatic nitrogens is 2. The Balaban J connectivity index is 2.08. The fourth-order valence-corrected chi connectivity index (χ4v) is 4.39. The smallest absolute Gasteiger partial charge is 0.316 e. The number of ether oxygens (including phenoxy) is 1. The van der Waals surface area contributed by atoms with Crippen LogP contribution in [0.4, 0.5) is 0 Å². The van der Waals surface area contributed by atoms with Crippen molar-refractivity contribution < 1.29 is 13.2 Å². The predicted octanol–water partition coefficient (Wildman–Crippen LogP) is 0.00292. The monoisotopic (exact) mass is 367 g/mol. The Kier molecular flexibility index (Phi) is 4.56. The van der Waals surface area contributed by atoms with E-state index in [-0.39, 0.29) is 17.5 Å². The summed E-state index contributed by atoms with van der Waals surface area (Å²) in [6, 6.07) is 3.04. The molecular weight excluding hydrogens is 346 g/mol. The lowest BCUT2D eigenvalue weighted by atomic mass is 10.2. The third-order valence-corrected chi connectivity index (χ3v) is 6.17. The highest BCUT2D eigenvalue weighted by molar-refractivity contribution is 7.89. The van der Waals surface area contributed by atoms with Crippen molar-refractivity contribution in [1.29, 1.82) is 0 Å². The Labute approximate surface area is 145 Å². The third kappa shape index (κ3) is 3.14. The molecule has 2 aromatic rings. The molecule has 1 unspecified atom stereocenters. The van der Waals surface area contributed by atoms with Crippen molar-refractivity contribution in [2.45, 2.75) is 30.8 Å². The molecule has 1 aromatic heterocycles. The molecule has 25 heavy (non-hydrogen) atoms. The van der Waals surface area contributed by atoms with Crippen LogP contribution in [0.2, 0.25) is 0 Å². The normalized spacial score (nSPS) is 18.1. The molecule has 1 aliphatic rings. The number of sulfonamides is 1. The summed E-state index contributed by atoms with van der Waals surface area (Å²) in [5, 5.41) is 0. The summed E-state index contributed by atoms with van der Waals surface area (Å²) in [6.07, 6.45) is 1.65. The van der Waals surface area contributed by atoms with Crippen LogP contribution in [0, 0.1) is 6.92 Å². The number of nitrogens with zero attached hydrogens (tertiary/aromatic N) is 2. The zero-order valence-electron chi connectivity index (χ0n) is 14.4. The molecule has 1 atom stereocenters. The summed E-state index contributed by atoms with van der Waals surface area (Å²) < 4.78 is 35.8. The number of aryl methyl sites for hydroxylation is 3. The van der Waals surface area contributed by atoms with Gasteiger partial charge >= 0.3 is 11.1 Å². The highest BCUT2D eigenvalue weighted by atomic mass is 32.2. The molecule has 2 heterocycles. The molecule has 0 amide bonds. The first-order valence-corrected chi connectivity index (χ1v) is 9.52. The molecular formula is C16H21N3O5S. The maximum Gasteiger partial charge on any atom is 0.316 e. The van der Waals surface area contributed by atoms with Crippen LogP contribution >= 0.6 is 0 Å². The second kappa shape index (κ2) is 6.40. The number of nitrogens with one attached hydrogen (secondary N) is 1. The summed E-state index contributed by atoms with van der Waals surface area (Å²) in [6.45, 7) is 2.53. The molecule has 1 aliphatic heterocycles. The van der Waals surface area contributed by atoms with Crippen molar-refractivity contribution in [3.05, 3.63) is 38.4 Å². The predicted molar refractivity (Wildman–Crippen MR) is 93.3 cm³/mol. The Hall–Kier alpha value is -1.97. The lowest BCUT2D eigenvalue weighted by molar-refractivity contribution is 0.114. The van der Waals surface area contributed by atoms with Gasteiger partial charge in [0.05, 0.1) is 22.0 Å². The average molecular weight is 367 g/mol. The van der Waals surface area contributed by atoms with Crippen LogP contribution in [0.3, 0.4) is 0 Å². The zero-order chi connectivity index (χ0) is 18.4. The lowest BCUT2D eigenvalue weighted by Crippen LogP contribution is -2.39. The summed E-state index contributed by atoms with van der Waals surface area (Å²) >= 11 is 0. The first-order chi connectivity index (χ1) is 11.7. The van der Waals surface area contributed by atoms with E-state index < -0.39 is 21.1 Å². The molecule has 0 saturated carbocycles. The van der Waals surface area contributed by atoms with Gasteiger partial charge in [0.1, 0.15) is 0 Å². The van der Waals surface area contributed by atoms with E-state index in [1.807, 2.05) is 0 Å². The van der Waals surface area contributed by atoms with Gasteiger partial charge in [0.15, 0.2) is 0 Å². The molecule has 8 nitrogen and oxygen atoms in total. The van der Waals surface area contributed by atoms with Gasteiger partial charge < -0.3 is 13.9 Å². The molecule has 0 bridgehead atoms. The second-order valence-corrected chi connectivity index (χ2v) is 8.06. The van der Waals surface area contributed by atoms with Gasteiger partial charge in [-0.2, -0.15) is 0 Å². The molecule has 1 aromatic carbocycles. The number of fused-ring (bicyclic) bond motifs is 1. The topological polar surface area (TPSA) is 99.4 Å². The third-order valence-electron chi connectivity index (χ3n) is 4.60. The SMILES string of the molecule is Cc1cc2c(cc1S(=O)(=O)NCC1CCCO1)n(C)c(=O)c(=O)n2C. The van der Waals surface area contributed by atoms with Crippen molar-refractivity contribution in [2.24, 2.45) is 14.1 Å². The number of benzene rings is 1. The maximum absolute atomic E-state index is 12.7. The molecule has 0 radical (unpaired) electrons. The number of rotatable bonds is 4. The van der Waals surface area contributed by atoms with Crippen LogP contribution in [0.1, 0.15) is 18.4 Å². The van der Waals surface area contributed by atoms with Crippen molar-refractivity contribution in [3.63, 3.8) is 0 Å². The molecule has 1 N–H and O–H groups in total. The molecule has 0 aliphatic carbocycles. The standard InChI is InChI=1S/C16H21N3O5S/c1-10-7-12-13(19(3)16(21)15(20)18(12)2)8-14(10)25(22,23)17-9-11-5-4-6-24-11/h7-8,11,17H,4-6,9H2,1-3H3. The summed E-state index contributed by atoms with van der Waals surface area (Å²) in [7, 11) is -0.804. The minimum absolute atomic E-state index is 0.0895. The molecule has 3 rings (SSSR count). The first kappa shape index (κ1) is 17.8. The van der Waals surface area contributed by atoms with Crippen LogP contribution < -0.4 is 15.8 Å². The van der Waals surface area contributed by atoms with Crippen LogP contribution in [0.5, 0.6) is 0 Å². The molecule has 1 saturated heterocycles. The highest BCUT2D eigenvalue weighted by Crippen LogP contribution is 2.22. The van der Waals surface area contributed by atoms with E-state index >= 15 is 0 Å². The van der Waals surface area contributed by atoms with Crippen LogP contribution in [-0.2, 0) is 28.9 Å². The van der Waals surface area contributed by atoms with Crippen molar-refractivity contribution >= 4 is 21.1 Å². The van der Waals surface area contributed by atoms with E-state index in [0.717, 1.165) is 12.8 Å². The highest BCUT2D eigenvalue weighted by Gasteiger charge is 2.23. The maximum atomic E-state index is 12.7. The van der Waals surface area contributed by atoms with Gasteiger partial charge in [-0.1, -0.05) is 0 Å². The molecule has 1 fully saturated rings. The van der Waals surface area contributed by atoms with Gasteiger partial charge in [-0.25, -0.2) is 13.1 Å². The van der Waals surface area contributed by atoms with Gasteiger partial charge in [0.25, 0.3) is 0 Å². The van der Waals surface area contributed by atoms with Crippen LogP contribution in [-0.4, -0.2) is 36.8 Å². The summed E-state index contributed by atoms with van der Waals surface area (Å²) in [5.74, 6) is 0. The van der Waals surface area contributed by atoms with Gasteiger partial charge in [0.2, 0.25) is 10.0 Å². The Bertz CT molecular complexity index is 1050. The van der Waals surface area contributed by atoms with Crippen molar-refractivity contribution in [3.8, 4) is 0 Å². The fraction of sp³-hybridized carbons (Fsp3) is 0.500. The minimum Gasteiger partial charge on any atom is -0.377 e. The Morgan fingerprint density at radius 3 is 2.32 bits per heavy atom. The molecule has 9 heteroatoms. The first-order valence-electron chi connectivity index (χ1n) is 8.04. The van der Waals surface area contributed by atoms with Crippen molar-refractivity contribution in [1.82, 2.24) is 13.9 Å². The second-order valence-electron chi connectivity index (χ2n) is 6.32. The van der Waals surface area contributed by atoms with E-state index in [1.165, 1.54) is 29.3 Å². The largest absolute Gasteiger partial charge is 0.377 e. The zero-order valence-corrected chi connectivity index (χ0v) is 15.2. The van der Waals surface area contributed by atoms with E-state index in [4.69, 9.17) is 4.74 Å².